The van der Waals surface area contributed by atoms with Crippen molar-refractivity contribution in [3.63, 3.8) is 0 Å². The maximum absolute atomic E-state index is 12.5. The van der Waals surface area contributed by atoms with E-state index >= 15 is 0 Å². The molecule has 1 aromatic heterocycles. The molecule has 0 bridgehead atoms. The summed E-state index contributed by atoms with van der Waals surface area (Å²) >= 11 is 1.11. The minimum Gasteiger partial charge on any atom is -0.492 e. The SMILES string of the molecule is CCCC(=O)c1ccc2c(c1)sc(=O)n2CCOc1ccc(C=C(C(=O)OC)C(=O)OC)cc1. The fraction of sp³-hybridized carbons (Fsp3) is 0.280. The average Bonchev–Trinajstić information content (AvgIpc) is 3.16. The molecule has 0 fully saturated rings. The average molecular weight is 484 g/mol. The molecule has 0 amide bonds. The van der Waals surface area contributed by atoms with Crippen LogP contribution in [-0.4, -0.2) is 43.1 Å². The number of ketones is 1. The third-order valence-electron chi connectivity index (χ3n) is 5.05. The van der Waals surface area contributed by atoms with Crippen LogP contribution in [0.5, 0.6) is 5.75 Å². The number of carbonyl (C=O) groups is 3. The van der Waals surface area contributed by atoms with E-state index in [1.165, 1.54) is 20.3 Å². The van der Waals surface area contributed by atoms with Gasteiger partial charge in [-0.05, 0) is 48.4 Å². The number of thiazole rings is 1. The van der Waals surface area contributed by atoms with Crippen molar-refractivity contribution >= 4 is 45.4 Å². The van der Waals surface area contributed by atoms with Crippen LogP contribution in [0.4, 0.5) is 0 Å². The number of methoxy groups -OCH3 is 2. The molecule has 1 heterocycles. The predicted octanol–water partition coefficient (Wildman–Crippen LogP) is 3.85. The number of carbonyl (C=O) groups excluding carboxylic acids is 3. The summed E-state index contributed by atoms with van der Waals surface area (Å²) in [6, 6.07) is 12.1. The second kappa shape index (κ2) is 11.4. The van der Waals surface area contributed by atoms with Crippen LogP contribution < -0.4 is 9.61 Å². The van der Waals surface area contributed by atoms with Gasteiger partial charge < -0.3 is 14.2 Å². The Kier molecular flexibility index (Phi) is 8.37. The molecular weight excluding hydrogens is 458 g/mol. The molecule has 3 aromatic rings. The molecule has 0 saturated carbocycles. The topological polar surface area (TPSA) is 101 Å². The van der Waals surface area contributed by atoms with Gasteiger partial charge in [0.2, 0.25) is 0 Å². The highest BCUT2D eigenvalue weighted by molar-refractivity contribution is 7.16. The van der Waals surface area contributed by atoms with Crippen LogP contribution in [0.1, 0.15) is 35.7 Å². The Labute approximate surface area is 200 Å². The Hall–Kier alpha value is -3.72. The third-order valence-corrected chi connectivity index (χ3v) is 5.99. The highest BCUT2D eigenvalue weighted by atomic mass is 32.1. The molecule has 0 aliphatic rings. The van der Waals surface area contributed by atoms with E-state index in [1.54, 1.807) is 47.0 Å². The zero-order valence-electron chi connectivity index (χ0n) is 19.2. The summed E-state index contributed by atoms with van der Waals surface area (Å²) in [5.41, 5.74) is 1.76. The van der Waals surface area contributed by atoms with Crippen molar-refractivity contribution < 1.29 is 28.6 Å². The monoisotopic (exact) mass is 483 g/mol. The highest BCUT2D eigenvalue weighted by Gasteiger charge is 2.19. The Morgan fingerprint density at radius 3 is 2.29 bits per heavy atom. The maximum Gasteiger partial charge on any atom is 0.345 e. The van der Waals surface area contributed by atoms with Crippen molar-refractivity contribution in [3.05, 3.63) is 68.8 Å². The summed E-state index contributed by atoms with van der Waals surface area (Å²) in [4.78, 5) is 48.0. The first kappa shape index (κ1) is 24.9. The van der Waals surface area contributed by atoms with Gasteiger partial charge in [0, 0.05) is 12.0 Å². The molecule has 0 N–H and O–H groups in total. The van der Waals surface area contributed by atoms with Gasteiger partial charge >= 0.3 is 16.8 Å². The molecule has 0 saturated heterocycles. The first-order valence-corrected chi connectivity index (χ1v) is 11.5. The van der Waals surface area contributed by atoms with Gasteiger partial charge in [0.25, 0.3) is 0 Å². The molecule has 0 atom stereocenters. The number of nitrogens with zero attached hydrogens (tertiary/aromatic N) is 1. The van der Waals surface area contributed by atoms with Crippen LogP contribution in [0.3, 0.4) is 0 Å². The van der Waals surface area contributed by atoms with Crippen LogP contribution in [-0.2, 0) is 25.6 Å². The largest absolute Gasteiger partial charge is 0.492 e. The molecule has 3 rings (SSSR count). The van der Waals surface area contributed by atoms with Crippen molar-refractivity contribution in [3.8, 4) is 5.75 Å². The molecular formula is C25H25NO7S. The van der Waals surface area contributed by atoms with Crippen LogP contribution in [0.25, 0.3) is 16.3 Å². The van der Waals surface area contributed by atoms with Crippen molar-refractivity contribution in [2.24, 2.45) is 0 Å². The summed E-state index contributed by atoms with van der Waals surface area (Å²) < 4.78 is 17.4. The number of rotatable bonds is 10. The van der Waals surface area contributed by atoms with Crippen molar-refractivity contribution in [1.82, 2.24) is 4.57 Å². The number of aromatic nitrogens is 1. The normalized spacial score (nSPS) is 10.6. The van der Waals surface area contributed by atoms with E-state index < -0.39 is 11.9 Å². The second-order valence-corrected chi connectivity index (χ2v) is 8.33. The molecule has 0 spiro atoms. The standard InChI is InChI=1S/C25H25NO7S/c1-4-5-21(27)17-8-11-20-22(15-17)34-25(30)26(20)12-13-33-18-9-6-16(7-10-18)14-19(23(28)31-2)24(29)32-3/h6-11,14-15H,4-5,12-13H2,1-3H3. The Morgan fingerprint density at radius 2 is 1.68 bits per heavy atom. The number of Topliss-reactive ketones (excluding diaryl/α,β-unsaturated/α-hetero) is 1. The van der Waals surface area contributed by atoms with Crippen LogP contribution in [0.15, 0.2) is 52.8 Å². The van der Waals surface area contributed by atoms with Gasteiger partial charge in [0.15, 0.2) is 5.78 Å². The molecule has 0 aliphatic carbocycles. The fourth-order valence-electron chi connectivity index (χ4n) is 3.33. The Morgan fingerprint density at radius 1 is 1.00 bits per heavy atom. The first-order chi connectivity index (χ1) is 16.4. The number of hydrogen-bond donors (Lipinski definition) is 0. The second-order valence-electron chi connectivity index (χ2n) is 7.33. The minimum atomic E-state index is -0.789. The number of esters is 2. The molecule has 0 aliphatic heterocycles. The summed E-state index contributed by atoms with van der Waals surface area (Å²) in [5.74, 6) is -0.941. The zero-order chi connectivity index (χ0) is 24.7. The summed E-state index contributed by atoms with van der Waals surface area (Å²) in [6.45, 7) is 2.56. The van der Waals surface area contributed by atoms with E-state index in [2.05, 4.69) is 9.47 Å². The van der Waals surface area contributed by atoms with Gasteiger partial charge in [0.05, 0.1) is 31.0 Å². The van der Waals surface area contributed by atoms with Gasteiger partial charge in [-0.1, -0.05) is 30.4 Å². The number of benzene rings is 2. The Balaban J connectivity index is 1.67. The van der Waals surface area contributed by atoms with Gasteiger partial charge in [-0.3, -0.25) is 14.2 Å². The maximum atomic E-state index is 12.5. The first-order valence-electron chi connectivity index (χ1n) is 10.7. The molecule has 0 unspecified atom stereocenters. The molecule has 9 heteroatoms. The van der Waals surface area contributed by atoms with Gasteiger partial charge in [-0.25, -0.2) is 9.59 Å². The van der Waals surface area contributed by atoms with Crippen LogP contribution in [0.2, 0.25) is 0 Å². The smallest absolute Gasteiger partial charge is 0.345 e. The van der Waals surface area contributed by atoms with Gasteiger partial charge in [-0.2, -0.15) is 0 Å². The lowest BCUT2D eigenvalue weighted by Crippen LogP contribution is -2.17. The highest BCUT2D eigenvalue weighted by Crippen LogP contribution is 2.21. The summed E-state index contributed by atoms with van der Waals surface area (Å²) in [5, 5.41) is 0. The molecule has 0 radical (unpaired) electrons. The van der Waals surface area contributed by atoms with Crippen molar-refractivity contribution in [2.75, 3.05) is 20.8 Å². The lowest BCUT2D eigenvalue weighted by atomic mass is 10.1. The molecule has 34 heavy (non-hydrogen) atoms. The van der Waals surface area contributed by atoms with E-state index in [0.717, 1.165) is 28.0 Å². The number of ether oxygens (including phenoxy) is 3. The summed E-state index contributed by atoms with van der Waals surface area (Å²) in [6.07, 6.45) is 2.63. The van der Waals surface area contributed by atoms with Gasteiger partial charge in [0.1, 0.15) is 17.9 Å². The van der Waals surface area contributed by atoms with E-state index in [4.69, 9.17) is 4.74 Å². The zero-order valence-corrected chi connectivity index (χ0v) is 20.0. The van der Waals surface area contributed by atoms with E-state index in [1.807, 2.05) is 6.92 Å². The van der Waals surface area contributed by atoms with E-state index in [0.29, 0.717) is 29.8 Å². The number of fused-ring (bicyclic) bond motifs is 1. The third kappa shape index (κ3) is 5.79. The van der Waals surface area contributed by atoms with E-state index in [-0.39, 0.29) is 22.8 Å². The lowest BCUT2D eigenvalue weighted by molar-refractivity contribution is -0.143. The van der Waals surface area contributed by atoms with Crippen LogP contribution in [0, 0.1) is 0 Å². The Bertz CT molecular complexity index is 1270. The van der Waals surface area contributed by atoms with E-state index in [9.17, 15) is 19.2 Å². The van der Waals surface area contributed by atoms with Crippen molar-refractivity contribution in [1.29, 1.82) is 0 Å². The van der Waals surface area contributed by atoms with Crippen molar-refractivity contribution in [2.45, 2.75) is 26.3 Å². The molecule has 178 valence electrons. The minimum absolute atomic E-state index is 0.0729. The fourth-order valence-corrected chi connectivity index (χ4v) is 4.28. The lowest BCUT2D eigenvalue weighted by Gasteiger charge is -2.08. The summed E-state index contributed by atoms with van der Waals surface area (Å²) in [7, 11) is 2.37. The predicted molar refractivity (Wildman–Crippen MR) is 129 cm³/mol. The quantitative estimate of drug-likeness (QED) is 0.142. The van der Waals surface area contributed by atoms with Gasteiger partial charge in [-0.15, -0.1) is 0 Å². The molecule has 2 aromatic carbocycles. The van der Waals surface area contributed by atoms with Crippen LogP contribution >= 0.6 is 11.3 Å². The number of hydrogen-bond acceptors (Lipinski definition) is 8. The molecule has 8 nitrogen and oxygen atoms in total.